The van der Waals surface area contributed by atoms with E-state index in [1.54, 1.807) is 12.1 Å². The fourth-order valence-electron chi connectivity index (χ4n) is 2.48. The van der Waals surface area contributed by atoms with Gasteiger partial charge in [0.2, 0.25) is 0 Å². The molecule has 2 aromatic heterocycles. The summed E-state index contributed by atoms with van der Waals surface area (Å²) in [5.41, 5.74) is 0.944. The Kier molecular flexibility index (Phi) is 3.17. The van der Waals surface area contributed by atoms with E-state index >= 15 is 0 Å². The lowest BCUT2D eigenvalue weighted by Crippen LogP contribution is -2.11. The normalized spacial score (nSPS) is 11.4. The van der Waals surface area contributed by atoms with E-state index in [9.17, 15) is 10.1 Å². The number of benzene rings is 1. The van der Waals surface area contributed by atoms with Gasteiger partial charge in [0.15, 0.2) is 0 Å². The fraction of sp³-hybridized carbons (Fsp3) is 0.286. The molecule has 0 amide bonds. The van der Waals surface area contributed by atoms with Crippen LogP contribution in [0.1, 0.15) is 25.7 Å². The number of fused-ring (bicyclic) bond motifs is 1. The van der Waals surface area contributed by atoms with Crippen LogP contribution < -0.4 is 0 Å². The summed E-state index contributed by atoms with van der Waals surface area (Å²) in [5.74, 6) is 0.828. The molecule has 0 aliphatic heterocycles. The first-order chi connectivity index (χ1) is 10.1. The number of nitro groups is 1. The molecule has 0 N–H and O–H groups in total. The molecule has 0 saturated carbocycles. The molecule has 3 aromatic rings. The third-order valence-electron chi connectivity index (χ3n) is 3.44. The van der Waals surface area contributed by atoms with Crippen LogP contribution in [0, 0.1) is 10.1 Å². The van der Waals surface area contributed by atoms with E-state index in [0.29, 0.717) is 11.9 Å². The van der Waals surface area contributed by atoms with Crippen molar-refractivity contribution < 1.29 is 4.92 Å². The highest BCUT2D eigenvalue weighted by molar-refractivity contribution is 5.89. The standard InChI is InChI=1S/C14H15N5O2/c1-10(2)18-14(15-9-16-18)8-17-7-6-11-12(17)4-3-5-13(11)19(20)21/h3-7,9-10H,8H2,1-2H3. The molecule has 3 rings (SSSR count). The molecular formula is C14H15N5O2. The Bertz CT molecular complexity index is 803. The minimum Gasteiger partial charge on any atom is -0.340 e. The lowest BCUT2D eigenvalue weighted by molar-refractivity contribution is -0.383. The molecule has 0 saturated heterocycles. The molecular weight excluding hydrogens is 270 g/mol. The Morgan fingerprint density at radius 3 is 2.86 bits per heavy atom. The van der Waals surface area contributed by atoms with Crippen molar-refractivity contribution in [3.8, 4) is 0 Å². The van der Waals surface area contributed by atoms with Gasteiger partial charge in [-0.05, 0) is 26.0 Å². The third kappa shape index (κ3) is 2.26. The van der Waals surface area contributed by atoms with E-state index in [1.807, 2.05) is 35.4 Å². The van der Waals surface area contributed by atoms with Crippen LogP contribution in [0.15, 0.2) is 36.8 Å². The van der Waals surface area contributed by atoms with Crippen molar-refractivity contribution in [2.75, 3.05) is 0 Å². The summed E-state index contributed by atoms with van der Waals surface area (Å²) in [6, 6.07) is 7.08. The molecule has 0 unspecified atom stereocenters. The number of nitrogens with zero attached hydrogens (tertiary/aromatic N) is 5. The molecule has 0 atom stereocenters. The van der Waals surface area contributed by atoms with E-state index in [2.05, 4.69) is 10.1 Å². The Hall–Kier alpha value is -2.70. The number of rotatable bonds is 4. The van der Waals surface area contributed by atoms with Gasteiger partial charge < -0.3 is 4.57 Å². The van der Waals surface area contributed by atoms with Crippen LogP contribution in [0.4, 0.5) is 5.69 Å². The second-order valence-corrected chi connectivity index (χ2v) is 5.13. The molecule has 21 heavy (non-hydrogen) atoms. The van der Waals surface area contributed by atoms with Crippen LogP contribution in [0.25, 0.3) is 10.9 Å². The smallest absolute Gasteiger partial charge is 0.278 e. The van der Waals surface area contributed by atoms with E-state index in [-0.39, 0.29) is 16.7 Å². The van der Waals surface area contributed by atoms with E-state index in [0.717, 1.165) is 11.3 Å². The highest BCUT2D eigenvalue weighted by Crippen LogP contribution is 2.26. The molecule has 0 aliphatic rings. The molecule has 1 aromatic carbocycles. The summed E-state index contributed by atoms with van der Waals surface area (Å²) in [6.07, 6.45) is 3.38. The van der Waals surface area contributed by atoms with Gasteiger partial charge >= 0.3 is 0 Å². The molecule has 0 spiro atoms. The van der Waals surface area contributed by atoms with Gasteiger partial charge in [0.25, 0.3) is 5.69 Å². The Morgan fingerprint density at radius 2 is 2.14 bits per heavy atom. The Balaban J connectivity index is 2.04. The van der Waals surface area contributed by atoms with Gasteiger partial charge in [0.05, 0.1) is 22.4 Å². The quantitative estimate of drug-likeness (QED) is 0.545. The average Bonchev–Trinajstić information content (AvgIpc) is 3.06. The number of hydrogen-bond acceptors (Lipinski definition) is 4. The first-order valence-electron chi connectivity index (χ1n) is 6.68. The highest BCUT2D eigenvalue weighted by Gasteiger charge is 2.15. The van der Waals surface area contributed by atoms with E-state index in [1.165, 1.54) is 12.4 Å². The monoisotopic (exact) mass is 285 g/mol. The lowest BCUT2D eigenvalue weighted by atomic mass is 10.2. The predicted octanol–water partition coefficient (Wildman–Crippen LogP) is 2.77. The first kappa shape index (κ1) is 13.3. The van der Waals surface area contributed by atoms with Crippen LogP contribution in [0.2, 0.25) is 0 Å². The molecule has 7 nitrogen and oxygen atoms in total. The van der Waals surface area contributed by atoms with Gasteiger partial charge in [-0.25, -0.2) is 9.67 Å². The van der Waals surface area contributed by atoms with E-state index < -0.39 is 0 Å². The minimum atomic E-state index is -0.358. The fourth-order valence-corrected chi connectivity index (χ4v) is 2.48. The van der Waals surface area contributed by atoms with Gasteiger partial charge in [-0.3, -0.25) is 10.1 Å². The lowest BCUT2D eigenvalue weighted by Gasteiger charge is -2.10. The van der Waals surface area contributed by atoms with Gasteiger partial charge in [0.1, 0.15) is 12.2 Å². The summed E-state index contributed by atoms with van der Waals surface area (Å²) in [6.45, 7) is 4.61. The molecule has 0 bridgehead atoms. The van der Waals surface area contributed by atoms with Crippen molar-refractivity contribution in [1.82, 2.24) is 19.3 Å². The number of hydrogen-bond donors (Lipinski definition) is 0. The maximum absolute atomic E-state index is 11.1. The highest BCUT2D eigenvalue weighted by atomic mass is 16.6. The topological polar surface area (TPSA) is 78.8 Å². The van der Waals surface area contributed by atoms with E-state index in [4.69, 9.17) is 0 Å². The first-order valence-corrected chi connectivity index (χ1v) is 6.68. The van der Waals surface area contributed by atoms with Gasteiger partial charge in [-0.1, -0.05) is 6.07 Å². The zero-order chi connectivity index (χ0) is 15.0. The molecule has 2 heterocycles. The SMILES string of the molecule is CC(C)n1ncnc1Cn1ccc2c([N+](=O)[O-])cccc21. The minimum absolute atomic E-state index is 0.122. The third-order valence-corrected chi connectivity index (χ3v) is 3.44. The molecule has 7 heteroatoms. The molecule has 0 fully saturated rings. The number of aromatic nitrogens is 4. The van der Waals surface area contributed by atoms with Gasteiger partial charge in [0, 0.05) is 18.3 Å². The predicted molar refractivity (Wildman–Crippen MR) is 78.1 cm³/mol. The van der Waals surface area contributed by atoms with Crippen LogP contribution in [-0.4, -0.2) is 24.3 Å². The van der Waals surface area contributed by atoms with Crippen molar-refractivity contribution in [3.05, 3.63) is 52.7 Å². The summed E-state index contributed by atoms with van der Waals surface area (Å²) in [5, 5.41) is 15.9. The number of non-ortho nitro benzene ring substituents is 1. The van der Waals surface area contributed by atoms with Crippen LogP contribution in [0.5, 0.6) is 0 Å². The van der Waals surface area contributed by atoms with Gasteiger partial charge in [-0.2, -0.15) is 5.10 Å². The van der Waals surface area contributed by atoms with Crippen LogP contribution >= 0.6 is 0 Å². The molecule has 0 radical (unpaired) electrons. The van der Waals surface area contributed by atoms with Crippen molar-refractivity contribution in [2.45, 2.75) is 26.4 Å². The second kappa shape index (κ2) is 5.01. The van der Waals surface area contributed by atoms with Crippen LogP contribution in [0.3, 0.4) is 0 Å². The maximum Gasteiger partial charge on any atom is 0.278 e. The van der Waals surface area contributed by atoms with Crippen LogP contribution in [-0.2, 0) is 6.54 Å². The summed E-state index contributed by atoms with van der Waals surface area (Å²) in [4.78, 5) is 15.0. The van der Waals surface area contributed by atoms with Crippen molar-refractivity contribution in [3.63, 3.8) is 0 Å². The van der Waals surface area contributed by atoms with Crippen molar-refractivity contribution in [2.24, 2.45) is 0 Å². The summed E-state index contributed by atoms with van der Waals surface area (Å²) >= 11 is 0. The number of nitro benzene ring substituents is 1. The van der Waals surface area contributed by atoms with Crippen molar-refractivity contribution in [1.29, 1.82) is 0 Å². The second-order valence-electron chi connectivity index (χ2n) is 5.13. The molecule has 108 valence electrons. The summed E-state index contributed by atoms with van der Waals surface area (Å²) in [7, 11) is 0. The summed E-state index contributed by atoms with van der Waals surface area (Å²) < 4.78 is 3.80. The maximum atomic E-state index is 11.1. The Labute approximate surface area is 121 Å². The van der Waals surface area contributed by atoms with Gasteiger partial charge in [-0.15, -0.1) is 0 Å². The average molecular weight is 285 g/mol. The zero-order valence-corrected chi connectivity index (χ0v) is 11.8. The Morgan fingerprint density at radius 1 is 1.33 bits per heavy atom. The zero-order valence-electron chi connectivity index (χ0n) is 11.8. The molecule has 0 aliphatic carbocycles. The van der Waals surface area contributed by atoms with Crippen molar-refractivity contribution >= 4 is 16.6 Å². The largest absolute Gasteiger partial charge is 0.340 e.